The molecule has 28 heavy (non-hydrogen) atoms. The molecule has 1 aliphatic rings. The standard InChI is InChI=1S/C23H29NO4/c1-15-4-6-17(7-5-15)23(18-8-9-18)24-13-20(26)14-28-21-11-10-19(16(2)25)12-22(21)27-3/h4-7,10-12,18,20,23-24,26H,8-9,13-14H2,1-3H3. The highest BCUT2D eigenvalue weighted by Gasteiger charge is 2.32. The highest BCUT2D eigenvalue weighted by molar-refractivity contribution is 5.94. The van der Waals surface area contributed by atoms with Crippen LogP contribution in [0.4, 0.5) is 0 Å². The first-order valence-corrected chi connectivity index (χ1v) is 9.77. The second kappa shape index (κ2) is 9.22. The number of nitrogens with one attached hydrogen (secondary N) is 1. The van der Waals surface area contributed by atoms with Gasteiger partial charge in [0, 0.05) is 18.2 Å². The van der Waals surface area contributed by atoms with Crippen LogP contribution >= 0.6 is 0 Å². The van der Waals surface area contributed by atoms with Crippen LogP contribution in [-0.4, -0.2) is 37.3 Å². The molecule has 0 spiro atoms. The van der Waals surface area contributed by atoms with Crippen LogP contribution in [-0.2, 0) is 0 Å². The predicted molar refractivity (Wildman–Crippen MR) is 109 cm³/mol. The molecular weight excluding hydrogens is 354 g/mol. The van der Waals surface area contributed by atoms with E-state index in [4.69, 9.17) is 9.47 Å². The molecule has 2 atom stereocenters. The van der Waals surface area contributed by atoms with Gasteiger partial charge in [0.2, 0.25) is 0 Å². The molecule has 0 heterocycles. The summed E-state index contributed by atoms with van der Waals surface area (Å²) in [6, 6.07) is 13.9. The molecule has 0 aromatic heterocycles. The van der Waals surface area contributed by atoms with Crippen LogP contribution in [0.3, 0.4) is 0 Å². The maximum absolute atomic E-state index is 11.5. The van der Waals surface area contributed by atoms with Gasteiger partial charge in [-0.25, -0.2) is 0 Å². The van der Waals surface area contributed by atoms with Crippen molar-refractivity contribution in [3.8, 4) is 11.5 Å². The van der Waals surface area contributed by atoms with Crippen molar-refractivity contribution in [1.82, 2.24) is 5.32 Å². The summed E-state index contributed by atoms with van der Waals surface area (Å²) in [4.78, 5) is 11.5. The fourth-order valence-electron chi connectivity index (χ4n) is 3.27. The van der Waals surface area contributed by atoms with Crippen LogP contribution in [0.15, 0.2) is 42.5 Å². The Morgan fingerprint density at radius 1 is 1.18 bits per heavy atom. The van der Waals surface area contributed by atoms with Crippen molar-refractivity contribution in [2.24, 2.45) is 5.92 Å². The summed E-state index contributed by atoms with van der Waals surface area (Å²) in [5.41, 5.74) is 3.08. The largest absolute Gasteiger partial charge is 0.493 e. The molecule has 1 saturated carbocycles. The number of aliphatic hydroxyl groups is 1. The lowest BCUT2D eigenvalue weighted by atomic mass is 10.0. The van der Waals surface area contributed by atoms with Crippen molar-refractivity contribution in [1.29, 1.82) is 0 Å². The van der Waals surface area contributed by atoms with Gasteiger partial charge in [0.05, 0.1) is 7.11 Å². The molecule has 5 nitrogen and oxygen atoms in total. The Hall–Kier alpha value is -2.37. The van der Waals surface area contributed by atoms with Gasteiger partial charge in [0.15, 0.2) is 17.3 Å². The number of benzene rings is 2. The number of hydrogen-bond donors (Lipinski definition) is 2. The van der Waals surface area contributed by atoms with Crippen molar-refractivity contribution in [3.05, 3.63) is 59.2 Å². The Kier molecular flexibility index (Phi) is 6.70. The summed E-state index contributed by atoms with van der Waals surface area (Å²) >= 11 is 0. The minimum Gasteiger partial charge on any atom is -0.493 e. The van der Waals surface area contributed by atoms with Gasteiger partial charge < -0.3 is 19.9 Å². The van der Waals surface area contributed by atoms with E-state index in [9.17, 15) is 9.90 Å². The number of ether oxygens (including phenoxy) is 2. The van der Waals surface area contributed by atoms with E-state index < -0.39 is 6.10 Å². The van der Waals surface area contributed by atoms with Crippen LogP contribution in [0, 0.1) is 12.8 Å². The van der Waals surface area contributed by atoms with E-state index in [0.717, 1.165) is 0 Å². The van der Waals surface area contributed by atoms with Gasteiger partial charge in [-0.15, -0.1) is 0 Å². The van der Waals surface area contributed by atoms with Gasteiger partial charge in [-0.2, -0.15) is 0 Å². The van der Waals surface area contributed by atoms with Gasteiger partial charge in [0.1, 0.15) is 12.7 Å². The average Bonchev–Trinajstić information content (AvgIpc) is 3.52. The van der Waals surface area contributed by atoms with Gasteiger partial charge in [-0.05, 0) is 56.4 Å². The molecule has 2 aromatic rings. The van der Waals surface area contributed by atoms with Gasteiger partial charge in [0.25, 0.3) is 0 Å². The average molecular weight is 383 g/mol. The zero-order valence-electron chi connectivity index (χ0n) is 16.8. The molecule has 3 rings (SSSR count). The topological polar surface area (TPSA) is 67.8 Å². The molecule has 0 saturated heterocycles. The van der Waals surface area contributed by atoms with E-state index in [-0.39, 0.29) is 18.4 Å². The molecule has 0 amide bonds. The summed E-state index contributed by atoms with van der Waals surface area (Å²) in [6.07, 6.45) is 1.79. The third-order valence-corrected chi connectivity index (χ3v) is 5.10. The fourth-order valence-corrected chi connectivity index (χ4v) is 3.27. The Bertz CT molecular complexity index is 799. The van der Waals surface area contributed by atoms with Crippen molar-refractivity contribution >= 4 is 5.78 Å². The van der Waals surface area contributed by atoms with Gasteiger partial charge >= 0.3 is 0 Å². The zero-order chi connectivity index (χ0) is 20.1. The van der Waals surface area contributed by atoms with E-state index in [0.29, 0.717) is 29.5 Å². The zero-order valence-corrected chi connectivity index (χ0v) is 16.8. The molecule has 0 aliphatic heterocycles. The van der Waals surface area contributed by atoms with Crippen molar-refractivity contribution in [3.63, 3.8) is 0 Å². The maximum Gasteiger partial charge on any atom is 0.161 e. The Labute approximate surface area is 166 Å². The number of aryl methyl sites for hydroxylation is 1. The first-order chi connectivity index (χ1) is 13.5. The van der Waals surface area contributed by atoms with Crippen LogP contribution in [0.2, 0.25) is 0 Å². The number of carbonyl (C=O) groups is 1. The van der Waals surface area contributed by atoms with E-state index in [1.807, 2.05) is 0 Å². The summed E-state index contributed by atoms with van der Waals surface area (Å²) in [6.45, 7) is 4.19. The Morgan fingerprint density at radius 3 is 2.50 bits per heavy atom. The van der Waals surface area contributed by atoms with Crippen LogP contribution in [0.1, 0.15) is 47.3 Å². The molecule has 1 aliphatic carbocycles. The Balaban J connectivity index is 1.54. The number of methoxy groups -OCH3 is 1. The lowest BCUT2D eigenvalue weighted by molar-refractivity contribution is 0.0998. The smallest absolute Gasteiger partial charge is 0.161 e. The van der Waals surface area contributed by atoms with Crippen molar-refractivity contribution < 1.29 is 19.4 Å². The normalized spacial score (nSPS) is 15.7. The Morgan fingerprint density at radius 2 is 1.89 bits per heavy atom. The minimum absolute atomic E-state index is 0.0312. The van der Waals surface area contributed by atoms with Crippen LogP contribution in [0.5, 0.6) is 11.5 Å². The highest BCUT2D eigenvalue weighted by Crippen LogP contribution is 2.41. The van der Waals surface area contributed by atoms with Crippen molar-refractivity contribution in [2.45, 2.75) is 38.8 Å². The molecule has 0 bridgehead atoms. The third kappa shape index (κ3) is 5.33. The molecule has 0 radical (unpaired) electrons. The second-order valence-electron chi connectivity index (χ2n) is 7.52. The number of rotatable bonds is 10. The van der Waals surface area contributed by atoms with E-state index in [1.54, 1.807) is 18.2 Å². The van der Waals surface area contributed by atoms with Crippen molar-refractivity contribution in [2.75, 3.05) is 20.3 Å². The second-order valence-corrected chi connectivity index (χ2v) is 7.52. The van der Waals surface area contributed by atoms with Crippen LogP contribution in [0.25, 0.3) is 0 Å². The van der Waals surface area contributed by atoms with Gasteiger partial charge in [-0.1, -0.05) is 29.8 Å². The quantitative estimate of drug-likeness (QED) is 0.613. The molecule has 5 heteroatoms. The molecular formula is C23H29NO4. The predicted octanol–water partition coefficient (Wildman–Crippen LogP) is 3.69. The summed E-state index contributed by atoms with van der Waals surface area (Å²) in [5, 5.41) is 13.9. The summed E-state index contributed by atoms with van der Waals surface area (Å²) < 4.78 is 11.0. The number of aliphatic hydroxyl groups excluding tert-OH is 1. The highest BCUT2D eigenvalue weighted by atomic mass is 16.5. The summed E-state index contributed by atoms with van der Waals surface area (Å²) in [5.74, 6) is 1.61. The minimum atomic E-state index is -0.649. The first kappa shape index (κ1) is 20.4. The number of hydrogen-bond acceptors (Lipinski definition) is 5. The van der Waals surface area contributed by atoms with Crippen LogP contribution < -0.4 is 14.8 Å². The SMILES string of the molecule is COc1cc(C(C)=O)ccc1OCC(O)CNC(c1ccc(C)cc1)C1CC1. The molecule has 2 aromatic carbocycles. The molecule has 1 fully saturated rings. The molecule has 2 N–H and O–H groups in total. The van der Waals surface area contributed by atoms with E-state index in [2.05, 4.69) is 36.5 Å². The van der Waals surface area contributed by atoms with E-state index >= 15 is 0 Å². The number of carbonyl (C=O) groups excluding carboxylic acids is 1. The maximum atomic E-state index is 11.5. The lowest BCUT2D eigenvalue weighted by Gasteiger charge is -2.22. The monoisotopic (exact) mass is 383 g/mol. The fraction of sp³-hybridized carbons (Fsp3) is 0.435. The third-order valence-electron chi connectivity index (χ3n) is 5.10. The number of ketones is 1. The van der Waals surface area contributed by atoms with Gasteiger partial charge in [-0.3, -0.25) is 4.79 Å². The first-order valence-electron chi connectivity index (χ1n) is 9.77. The molecule has 2 unspecified atom stereocenters. The van der Waals surface area contributed by atoms with E-state index in [1.165, 1.54) is 38.0 Å². The summed E-state index contributed by atoms with van der Waals surface area (Å²) in [7, 11) is 1.53. The molecule has 150 valence electrons. The number of Topliss-reactive ketones (excluding diaryl/α,β-unsaturated/α-hetero) is 1. The lowest BCUT2D eigenvalue weighted by Crippen LogP contribution is -2.34.